The van der Waals surface area contributed by atoms with Gasteiger partial charge in [-0.15, -0.1) is 0 Å². The van der Waals surface area contributed by atoms with Gasteiger partial charge in [-0.25, -0.2) is 0 Å². The van der Waals surface area contributed by atoms with Gasteiger partial charge in [0, 0.05) is 36.1 Å². The fraction of sp³-hybridized carbons (Fsp3) is 0.100. The van der Waals surface area contributed by atoms with E-state index in [1.54, 1.807) is 6.07 Å². The quantitative estimate of drug-likeness (QED) is 0.266. The fourth-order valence-corrected chi connectivity index (χ4v) is 2.57. The summed E-state index contributed by atoms with van der Waals surface area (Å²) in [7, 11) is 2.04. The summed E-state index contributed by atoms with van der Waals surface area (Å²) in [5, 5.41) is 1.20. The molecule has 0 saturated carbocycles. The van der Waals surface area contributed by atoms with Gasteiger partial charge in [0.25, 0.3) is 0 Å². The van der Waals surface area contributed by atoms with E-state index in [9.17, 15) is 4.79 Å². The van der Waals surface area contributed by atoms with Crippen LogP contribution in [0.5, 0.6) is 5.75 Å². The molecule has 0 amide bonds. The van der Waals surface area contributed by atoms with Crippen LogP contribution in [0, 0.1) is 0 Å². The fourth-order valence-electron chi connectivity index (χ4n) is 2.57. The van der Waals surface area contributed by atoms with Gasteiger partial charge in [0.15, 0.2) is 0 Å². The Bertz CT molecular complexity index is 903. The van der Waals surface area contributed by atoms with Crippen LogP contribution >= 0.6 is 0 Å². The number of aryl methyl sites for hydroxylation is 1. The third kappa shape index (κ3) is 4.00. The summed E-state index contributed by atoms with van der Waals surface area (Å²) >= 11 is 0. The van der Waals surface area contributed by atoms with Crippen molar-refractivity contribution in [2.24, 2.45) is 7.05 Å². The topological polar surface area (TPSA) is 30.2 Å². The molecule has 3 aromatic rings. The highest BCUT2D eigenvalue weighted by Gasteiger charge is 2.09. The van der Waals surface area contributed by atoms with Crippen LogP contribution in [-0.4, -0.2) is 5.97 Å². The monoisotopic (exact) mass is 431 g/mol. The normalized spacial score (nSPS) is 10.6. The first-order valence-corrected chi connectivity index (χ1v) is 7.48. The molecule has 0 aliphatic rings. The van der Waals surface area contributed by atoms with Crippen molar-refractivity contribution < 1.29 is 38.1 Å². The van der Waals surface area contributed by atoms with E-state index in [1.807, 2.05) is 49.5 Å². The van der Waals surface area contributed by atoms with Gasteiger partial charge in [-0.1, -0.05) is 30.3 Å². The van der Waals surface area contributed by atoms with Crippen molar-refractivity contribution >= 4 is 29.0 Å². The van der Waals surface area contributed by atoms with Crippen molar-refractivity contribution in [1.29, 1.82) is 0 Å². The van der Waals surface area contributed by atoms with Crippen LogP contribution in [0.4, 0.5) is 0 Å². The molecule has 4 heteroatoms. The summed E-state index contributed by atoms with van der Waals surface area (Å²) in [6, 6.07) is 19.9. The number of carbonyl (C=O) groups excluding carboxylic acids is 1. The van der Waals surface area contributed by atoms with Gasteiger partial charge in [0.05, 0.1) is 0 Å². The molecule has 3 rings (SSSR count). The average Bonchev–Trinajstić information content (AvgIpc) is 2.55. The van der Waals surface area contributed by atoms with Gasteiger partial charge in [-0.2, -0.15) is 4.57 Å². The number of esters is 1. The maximum absolute atomic E-state index is 11.2. The molecule has 0 aliphatic carbocycles. The van der Waals surface area contributed by atoms with E-state index in [0.717, 1.165) is 11.3 Å². The number of aromatic nitrogens is 1. The predicted octanol–water partition coefficient (Wildman–Crippen LogP) is 0.764. The van der Waals surface area contributed by atoms with Crippen LogP contribution in [0.3, 0.4) is 0 Å². The number of hydrogen-bond acceptors (Lipinski definition) is 2. The first kappa shape index (κ1) is 18.1. The zero-order valence-electron chi connectivity index (χ0n) is 13.6. The highest BCUT2D eigenvalue weighted by molar-refractivity contribution is 5.78. The highest BCUT2D eigenvalue weighted by Crippen LogP contribution is 2.21. The molecule has 3 nitrogen and oxygen atoms in total. The number of ether oxygens (including phenoxy) is 1. The van der Waals surface area contributed by atoms with Gasteiger partial charge >= 0.3 is 5.97 Å². The van der Waals surface area contributed by atoms with Crippen LogP contribution in [-0.2, 0) is 11.8 Å². The van der Waals surface area contributed by atoms with Crippen molar-refractivity contribution in [3.63, 3.8) is 0 Å². The molecule has 0 bridgehead atoms. The lowest BCUT2D eigenvalue weighted by atomic mass is 10.1. The maximum atomic E-state index is 11.2. The van der Waals surface area contributed by atoms with Crippen LogP contribution < -0.4 is 33.3 Å². The Morgan fingerprint density at radius 1 is 0.958 bits per heavy atom. The first-order chi connectivity index (χ1) is 11.1. The van der Waals surface area contributed by atoms with Crippen LogP contribution in [0.2, 0.25) is 0 Å². The third-order valence-corrected chi connectivity index (χ3v) is 3.73. The number of pyridine rings is 1. The smallest absolute Gasteiger partial charge is 0.308 e. The van der Waals surface area contributed by atoms with E-state index in [1.165, 1.54) is 17.8 Å². The Labute approximate surface area is 158 Å². The lowest BCUT2D eigenvalue weighted by Crippen LogP contribution is -3.00. The molecular formula is C20H18INO2. The van der Waals surface area contributed by atoms with Gasteiger partial charge in [-0.05, 0) is 24.3 Å². The maximum Gasteiger partial charge on any atom is 0.308 e. The van der Waals surface area contributed by atoms with Crippen molar-refractivity contribution in [2.75, 3.05) is 0 Å². The Morgan fingerprint density at radius 3 is 2.46 bits per heavy atom. The Morgan fingerprint density at radius 2 is 1.67 bits per heavy atom. The third-order valence-electron chi connectivity index (χ3n) is 3.73. The van der Waals surface area contributed by atoms with Crippen LogP contribution in [0.15, 0.2) is 60.7 Å². The number of halogens is 1. The van der Waals surface area contributed by atoms with E-state index >= 15 is 0 Å². The summed E-state index contributed by atoms with van der Waals surface area (Å²) < 4.78 is 7.38. The van der Waals surface area contributed by atoms with Gasteiger partial charge in [-0.3, -0.25) is 4.79 Å². The zero-order valence-corrected chi connectivity index (χ0v) is 15.7. The molecule has 0 spiro atoms. The lowest BCUT2D eigenvalue weighted by molar-refractivity contribution is -0.646. The number of benzene rings is 2. The summed E-state index contributed by atoms with van der Waals surface area (Å²) in [5.74, 6) is 0.252. The number of fused-ring (bicyclic) bond motifs is 1. The van der Waals surface area contributed by atoms with Gasteiger partial charge in [0.1, 0.15) is 12.8 Å². The number of rotatable bonds is 3. The molecule has 2 aromatic carbocycles. The molecule has 0 atom stereocenters. The summed E-state index contributed by atoms with van der Waals surface area (Å²) in [4.78, 5) is 11.2. The minimum atomic E-state index is -0.317. The Hall–Kier alpha value is -2.21. The van der Waals surface area contributed by atoms with E-state index < -0.39 is 0 Å². The second kappa shape index (κ2) is 8.06. The highest BCUT2D eigenvalue weighted by atomic mass is 127. The molecule has 1 heterocycles. The van der Waals surface area contributed by atoms with Crippen molar-refractivity contribution in [3.05, 3.63) is 71.9 Å². The zero-order chi connectivity index (χ0) is 16.2. The average molecular weight is 431 g/mol. The lowest BCUT2D eigenvalue weighted by Gasteiger charge is -2.04. The molecule has 24 heavy (non-hydrogen) atoms. The van der Waals surface area contributed by atoms with Crippen LogP contribution in [0.1, 0.15) is 18.2 Å². The van der Waals surface area contributed by atoms with Gasteiger partial charge < -0.3 is 28.7 Å². The molecular weight excluding hydrogens is 413 g/mol. The Balaban J connectivity index is 0.00000208. The summed E-state index contributed by atoms with van der Waals surface area (Å²) in [5.41, 5.74) is 3.11. The van der Waals surface area contributed by atoms with Crippen molar-refractivity contribution in [1.82, 2.24) is 0 Å². The largest absolute Gasteiger partial charge is 1.00 e. The van der Waals surface area contributed by atoms with Crippen LogP contribution in [0.25, 0.3) is 23.1 Å². The van der Waals surface area contributed by atoms with Crippen molar-refractivity contribution in [3.8, 4) is 5.75 Å². The summed E-state index contributed by atoms with van der Waals surface area (Å²) in [6.07, 6.45) is 3.98. The standard InChI is InChI=1S/C20H18NO2.HI/c1-15(22)23-20-10-6-4-8-17(20)12-14-18-13-11-16-7-3-5-9-19(16)21(18)2;/h3-14H,1-2H3;1H/q+1;/p-1/b14-12+;. The van der Waals surface area contributed by atoms with E-state index in [-0.39, 0.29) is 29.9 Å². The first-order valence-electron chi connectivity index (χ1n) is 7.48. The number of carbonyl (C=O) groups is 1. The summed E-state index contributed by atoms with van der Waals surface area (Å²) in [6.45, 7) is 1.41. The molecule has 0 saturated heterocycles. The minimum Gasteiger partial charge on any atom is -1.00 e. The second-order valence-corrected chi connectivity index (χ2v) is 5.34. The molecule has 0 unspecified atom stereocenters. The molecule has 1 aromatic heterocycles. The Kier molecular flexibility index (Phi) is 6.09. The predicted molar refractivity (Wildman–Crippen MR) is 91.8 cm³/mol. The minimum absolute atomic E-state index is 0. The van der Waals surface area contributed by atoms with Crippen molar-refractivity contribution in [2.45, 2.75) is 6.92 Å². The number of hydrogen-bond donors (Lipinski definition) is 0. The van der Waals surface area contributed by atoms with E-state index in [2.05, 4.69) is 28.8 Å². The van der Waals surface area contributed by atoms with E-state index in [0.29, 0.717) is 5.75 Å². The molecule has 0 aliphatic heterocycles. The van der Waals surface area contributed by atoms with Gasteiger partial charge in [0.2, 0.25) is 11.2 Å². The SMILES string of the molecule is CC(=O)Oc1ccccc1/C=C/c1ccc2ccccc2[n+]1C.[I-]. The molecule has 0 radical (unpaired) electrons. The molecule has 0 fully saturated rings. The second-order valence-electron chi connectivity index (χ2n) is 5.34. The number of nitrogens with zero attached hydrogens (tertiary/aromatic N) is 1. The number of para-hydroxylation sites is 2. The van der Waals surface area contributed by atoms with E-state index in [4.69, 9.17) is 4.74 Å². The molecule has 0 N–H and O–H groups in total. The molecule has 122 valence electrons.